The van der Waals surface area contributed by atoms with Gasteiger partial charge in [-0.3, -0.25) is 9.69 Å². The van der Waals surface area contributed by atoms with Crippen LogP contribution in [0.5, 0.6) is 0 Å². The Morgan fingerprint density at radius 2 is 2.00 bits per heavy atom. The van der Waals surface area contributed by atoms with Crippen LogP contribution in [0, 0.1) is 5.82 Å². The summed E-state index contributed by atoms with van der Waals surface area (Å²) in [5.41, 5.74) is 0.447. The summed E-state index contributed by atoms with van der Waals surface area (Å²) in [6.45, 7) is 4.56. The first kappa shape index (κ1) is 13.8. The Bertz CT molecular complexity index is 374. The van der Waals surface area contributed by atoms with E-state index in [1.807, 2.05) is 11.9 Å². The number of nitrogens with zero attached hydrogens (tertiary/aromatic N) is 1. The van der Waals surface area contributed by atoms with E-state index in [0.29, 0.717) is 18.2 Å². The SMILES string of the molecule is CCC(CC)N(C)CC(=O)c1cccc(F)c1. The lowest BCUT2D eigenvalue weighted by Gasteiger charge is -2.25. The van der Waals surface area contributed by atoms with E-state index in [0.717, 1.165) is 12.8 Å². The summed E-state index contributed by atoms with van der Waals surface area (Å²) in [5, 5.41) is 0. The number of hydrogen-bond donors (Lipinski definition) is 0. The number of benzene rings is 1. The predicted molar refractivity (Wildman–Crippen MR) is 67.7 cm³/mol. The molecule has 3 heteroatoms. The van der Waals surface area contributed by atoms with Crippen LogP contribution in [0.15, 0.2) is 24.3 Å². The molecule has 1 aromatic carbocycles. The Hall–Kier alpha value is -1.22. The molecule has 1 aromatic rings. The molecular weight excluding hydrogens is 217 g/mol. The molecule has 0 radical (unpaired) electrons. The first-order chi connectivity index (χ1) is 8.08. The highest BCUT2D eigenvalue weighted by Crippen LogP contribution is 2.09. The van der Waals surface area contributed by atoms with Crippen molar-refractivity contribution in [2.24, 2.45) is 0 Å². The Labute approximate surface area is 102 Å². The Kier molecular flexibility index (Phi) is 5.29. The normalized spacial score (nSPS) is 11.2. The molecule has 0 unspecified atom stereocenters. The molecule has 0 aliphatic carbocycles. The van der Waals surface area contributed by atoms with Gasteiger partial charge in [0, 0.05) is 11.6 Å². The largest absolute Gasteiger partial charge is 0.296 e. The van der Waals surface area contributed by atoms with E-state index in [1.165, 1.54) is 12.1 Å². The molecule has 2 nitrogen and oxygen atoms in total. The Morgan fingerprint density at radius 1 is 1.35 bits per heavy atom. The first-order valence-corrected chi connectivity index (χ1v) is 6.07. The first-order valence-electron chi connectivity index (χ1n) is 6.07. The van der Waals surface area contributed by atoms with Crippen LogP contribution >= 0.6 is 0 Å². The monoisotopic (exact) mass is 237 g/mol. The number of carbonyl (C=O) groups is 1. The quantitative estimate of drug-likeness (QED) is 0.708. The minimum atomic E-state index is -0.360. The summed E-state index contributed by atoms with van der Waals surface area (Å²) in [7, 11) is 1.94. The van der Waals surface area contributed by atoms with Gasteiger partial charge in [-0.25, -0.2) is 4.39 Å². The standard InChI is InChI=1S/C14H20FNO/c1-4-13(5-2)16(3)10-14(17)11-7-6-8-12(15)9-11/h6-9,13H,4-5,10H2,1-3H3. The summed E-state index contributed by atoms with van der Waals surface area (Å²) >= 11 is 0. The van der Waals surface area contributed by atoms with E-state index >= 15 is 0 Å². The molecule has 0 saturated heterocycles. The molecule has 17 heavy (non-hydrogen) atoms. The number of halogens is 1. The van der Waals surface area contributed by atoms with Crippen LogP contribution in [0.25, 0.3) is 0 Å². The molecule has 0 aliphatic rings. The van der Waals surface area contributed by atoms with Crippen LogP contribution < -0.4 is 0 Å². The van der Waals surface area contributed by atoms with E-state index in [-0.39, 0.29) is 11.6 Å². The average molecular weight is 237 g/mol. The third-order valence-corrected chi connectivity index (χ3v) is 3.11. The zero-order valence-corrected chi connectivity index (χ0v) is 10.7. The fraction of sp³-hybridized carbons (Fsp3) is 0.500. The van der Waals surface area contributed by atoms with Crippen LogP contribution in [0.2, 0.25) is 0 Å². The van der Waals surface area contributed by atoms with Gasteiger partial charge in [-0.2, -0.15) is 0 Å². The van der Waals surface area contributed by atoms with Gasteiger partial charge in [0.05, 0.1) is 6.54 Å². The summed E-state index contributed by atoms with van der Waals surface area (Å²) in [6, 6.07) is 6.28. The highest BCUT2D eigenvalue weighted by molar-refractivity contribution is 5.97. The third-order valence-electron chi connectivity index (χ3n) is 3.11. The molecule has 0 aromatic heterocycles. The molecule has 0 saturated carbocycles. The summed E-state index contributed by atoms with van der Waals surface area (Å²) in [5.74, 6) is -0.389. The van der Waals surface area contributed by atoms with Gasteiger partial charge in [-0.05, 0) is 32.0 Å². The van der Waals surface area contributed by atoms with Crippen molar-refractivity contribution in [1.82, 2.24) is 4.90 Å². The van der Waals surface area contributed by atoms with Crippen molar-refractivity contribution in [1.29, 1.82) is 0 Å². The zero-order chi connectivity index (χ0) is 12.8. The lowest BCUT2D eigenvalue weighted by Crippen LogP contribution is -2.35. The topological polar surface area (TPSA) is 20.3 Å². The molecule has 0 spiro atoms. The van der Waals surface area contributed by atoms with E-state index in [1.54, 1.807) is 12.1 Å². The minimum absolute atomic E-state index is 0.0288. The maximum atomic E-state index is 13.0. The average Bonchev–Trinajstić information content (AvgIpc) is 2.30. The second-order valence-electron chi connectivity index (χ2n) is 4.32. The van der Waals surface area contributed by atoms with Crippen LogP contribution in [0.1, 0.15) is 37.0 Å². The van der Waals surface area contributed by atoms with E-state index in [2.05, 4.69) is 13.8 Å². The maximum absolute atomic E-state index is 13.0. The van der Waals surface area contributed by atoms with Gasteiger partial charge in [0.25, 0.3) is 0 Å². The van der Waals surface area contributed by atoms with E-state index < -0.39 is 0 Å². The van der Waals surface area contributed by atoms with Crippen molar-refractivity contribution >= 4 is 5.78 Å². The van der Waals surface area contributed by atoms with E-state index in [4.69, 9.17) is 0 Å². The van der Waals surface area contributed by atoms with Gasteiger partial charge in [0.15, 0.2) is 5.78 Å². The molecule has 94 valence electrons. The summed E-state index contributed by atoms with van der Waals surface area (Å²) in [4.78, 5) is 14.0. The second kappa shape index (κ2) is 6.50. The van der Waals surface area contributed by atoms with Crippen LogP contribution in [-0.4, -0.2) is 30.3 Å². The predicted octanol–water partition coefficient (Wildman–Crippen LogP) is 3.13. The van der Waals surface area contributed by atoms with Gasteiger partial charge in [0.1, 0.15) is 5.82 Å². The third kappa shape index (κ3) is 3.93. The number of hydrogen-bond acceptors (Lipinski definition) is 2. The van der Waals surface area contributed by atoms with Crippen molar-refractivity contribution in [3.05, 3.63) is 35.6 Å². The lowest BCUT2D eigenvalue weighted by molar-refractivity contribution is 0.0915. The van der Waals surface area contributed by atoms with Gasteiger partial charge < -0.3 is 0 Å². The molecule has 0 N–H and O–H groups in total. The highest BCUT2D eigenvalue weighted by Gasteiger charge is 2.15. The molecule has 0 heterocycles. The lowest BCUT2D eigenvalue weighted by atomic mass is 10.1. The van der Waals surface area contributed by atoms with Crippen molar-refractivity contribution in [3.8, 4) is 0 Å². The number of ketones is 1. The molecule has 0 fully saturated rings. The molecular formula is C14H20FNO. The van der Waals surface area contributed by atoms with E-state index in [9.17, 15) is 9.18 Å². The minimum Gasteiger partial charge on any atom is -0.296 e. The smallest absolute Gasteiger partial charge is 0.176 e. The van der Waals surface area contributed by atoms with Crippen molar-refractivity contribution in [3.63, 3.8) is 0 Å². The van der Waals surface area contributed by atoms with Crippen LogP contribution in [0.3, 0.4) is 0 Å². The highest BCUT2D eigenvalue weighted by atomic mass is 19.1. The summed E-state index contributed by atoms with van der Waals surface area (Å²) in [6.07, 6.45) is 2.03. The number of likely N-dealkylation sites (N-methyl/N-ethyl adjacent to an activating group) is 1. The molecule has 0 amide bonds. The Balaban J connectivity index is 2.66. The maximum Gasteiger partial charge on any atom is 0.176 e. The molecule has 0 aliphatic heterocycles. The fourth-order valence-electron chi connectivity index (χ4n) is 2.02. The van der Waals surface area contributed by atoms with Crippen molar-refractivity contribution < 1.29 is 9.18 Å². The van der Waals surface area contributed by atoms with Crippen molar-refractivity contribution in [2.75, 3.05) is 13.6 Å². The van der Waals surface area contributed by atoms with Gasteiger partial charge in [0.2, 0.25) is 0 Å². The van der Waals surface area contributed by atoms with Gasteiger partial charge in [-0.1, -0.05) is 26.0 Å². The number of carbonyl (C=O) groups excluding carboxylic acids is 1. The Morgan fingerprint density at radius 3 is 2.53 bits per heavy atom. The second-order valence-corrected chi connectivity index (χ2v) is 4.32. The molecule has 0 atom stereocenters. The van der Waals surface area contributed by atoms with Gasteiger partial charge in [-0.15, -0.1) is 0 Å². The number of Topliss-reactive ketones (excluding diaryl/α,β-unsaturated/α-hetero) is 1. The molecule has 0 bridgehead atoms. The zero-order valence-electron chi connectivity index (χ0n) is 10.7. The number of rotatable bonds is 6. The van der Waals surface area contributed by atoms with Gasteiger partial charge >= 0.3 is 0 Å². The summed E-state index contributed by atoms with van der Waals surface area (Å²) < 4.78 is 13.0. The fourth-order valence-corrected chi connectivity index (χ4v) is 2.02. The molecule has 1 rings (SSSR count). The van der Waals surface area contributed by atoms with Crippen LogP contribution in [0.4, 0.5) is 4.39 Å². The van der Waals surface area contributed by atoms with Crippen molar-refractivity contribution in [2.45, 2.75) is 32.7 Å². The van der Waals surface area contributed by atoms with Crippen LogP contribution in [-0.2, 0) is 0 Å².